The highest BCUT2D eigenvalue weighted by atomic mass is 16.3. The molecule has 1 aromatic heterocycles. The van der Waals surface area contributed by atoms with E-state index >= 15 is 0 Å². The van der Waals surface area contributed by atoms with Crippen LogP contribution in [0.15, 0.2) is 46.9 Å². The minimum absolute atomic E-state index is 0.630. The second-order valence-electron chi connectivity index (χ2n) is 6.16. The number of para-hydroxylation sites is 1. The first-order chi connectivity index (χ1) is 10.3. The van der Waals surface area contributed by atoms with Crippen molar-refractivity contribution in [3.63, 3.8) is 0 Å². The van der Waals surface area contributed by atoms with Crippen molar-refractivity contribution in [1.82, 2.24) is 0 Å². The first-order valence-corrected chi connectivity index (χ1v) is 8.03. The number of anilines is 1. The van der Waals surface area contributed by atoms with E-state index in [1.165, 1.54) is 42.1 Å². The smallest absolute Gasteiger partial charge is 0.135 e. The molecule has 2 unspecified atom stereocenters. The highest BCUT2D eigenvalue weighted by molar-refractivity contribution is 6.05. The molecule has 1 fully saturated rings. The van der Waals surface area contributed by atoms with Gasteiger partial charge < -0.3 is 9.73 Å². The second-order valence-corrected chi connectivity index (χ2v) is 6.16. The minimum Gasteiger partial charge on any atom is -0.456 e. The van der Waals surface area contributed by atoms with Gasteiger partial charge in [-0.1, -0.05) is 38.0 Å². The fourth-order valence-corrected chi connectivity index (χ4v) is 3.75. The fourth-order valence-electron chi connectivity index (χ4n) is 3.75. The molecule has 0 radical (unpaired) electrons. The molecule has 2 nitrogen and oxygen atoms in total. The third kappa shape index (κ3) is 2.19. The summed E-state index contributed by atoms with van der Waals surface area (Å²) in [5, 5.41) is 6.16. The molecule has 0 aliphatic heterocycles. The Morgan fingerprint density at radius 2 is 1.90 bits per heavy atom. The topological polar surface area (TPSA) is 25.2 Å². The maximum atomic E-state index is 5.89. The lowest BCUT2D eigenvalue weighted by molar-refractivity contribution is 0.489. The van der Waals surface area contributed by atoms with Gasteiger partial charge in [-0.3, -0.25) is 0 Å². The Bertz CT molecular complexity index is 773. The summed E-state index contributed by atoms with van der Waals surface area (Å²) in [6.07, 6.45) is 5.29. The van der Waals surface area contributed by atoms with E-state index in [0.717, 1.165) is 17.1 Å². The monoisotopic (exact) mass is 279 g/mol. The number of rotatable bonds is 3. The first-order valence-electron chi connectivity index (χ1n) is 8.03. The molecule has 3 aromatic rings. The van der Waals surface area contributed by atoms with Gasteiger partial charge in [-0.05, 0) is 43.0 Å². The van der Waals surface area contributed by atoms with E-state index in [1.54, 1.807) is 0 Å². The summed E-state index contributed by atoms with van der Waals surface area (Å²) < 4.78 is 5.89. The zero-order valence-corrected chi connectivity index (χ0v) is 12.4. The summed E-state index contributed by atoms with van der Waals surface area (Å²) in [5.74, 6) is 0.821. The van der Waals surface area contributed by atoms with Crippen LogP contribution in [0.3, 0.4) is 0 Å². The quantitative estimate of drug-likeness (QED) is 0.677. The molecule has 0 amide bonds. The van der Waals surface area contributed by atoms with Crippen molar-refractivity contribution in [2.45, 2.75) is 38.6 Å². The average Bonchev–Trinajstić information content (AvgIpc) is 3.11. The van der Waals surface area contributed by atoms with Crippen LogP contribution in [0.5, 0.6) is 0 Å². The number of benzene rings is 2. The molecule has 2 atom stereocenters. The standard InChI is InChI=1S/C19H21NO/c1-2-13-6-5-8-17(13)20-14-10-11-19-16(12-14)15-7-3-4-9-18(15)21-19/h3-4,7,9-13,17,20H,2,5-6,8H2,1H3. The van der Waals surface area contributed by atoms with E-state index in [1.807, 2.05) is 12.1 Å². The maximum absolute atomic E-state index is 5.89. The van der Waals surface area contributed by atoms with E-state index in [4.69, 9.17) is 4.42 Å². The number of fused-ring (bicyclic) bond motifs is 3. The van der Waals surface area contributed by atoms with Gasteiger partial charge in [0.05, 0.1) is 0 Å². The van der Waals surface area contributed by atoms with Gasteiger partial charge in [0, 0.05) is 22.5 Å². The molecule has 1 aliphatic rings. The molecule has 0 spiro atoms. The van der Waals surface area contributed by atoms with Crippen LogP contribution in [0.1, 0.15) is 32.6 Å². The Morgan fingerprint density at radius 3 is 2.81 bits per heavy atom. The van der Waals surface area contributed by atoms with Gasteiger partial charge in [0.25, 0.3) is 0 Å². The largest absolute Gasteiger partial charge is 0.456 e. The summed E-state index contributed by atoms with van der Waals surface area (Å²) in [7, 11) is 0. The van der Waals surface area contributed by atoms with Crippen LogP contribution in [-0.4, -0.2) is 6.04 Å². The van der Waals surface area contributed by atoms with E-state index in [0.29, 0.717) is 6.04 Å². The van der Waals surface area contributed by atoms with Crippen molar-refractivity contribution < 1.29 is 4.42 Å². The van der Waals surface area contributed by atoms with Gasteiger partial charge in [0.1, 0.15) is 11.2 Å². The predicted molar refractivity (Wildman–Crippen MR) is 88.8 cm³/mol. The molecule has 2 heteroatoms. The summed E-state index contributed by atoms with van der Waals surface area (Å²) in [6.45, 7) is 2.30. The van der Waals surface area contributed by atoms with Gasteiger partial charge in [-0.25, -0.2) is 0 Å². The zero-order chi connectivity index (χ0) is 14.2. The lowest BCUT2D eigenvalue weighted by atomic mass is 10.0. The second kappa shape index (κ2) is 5.10. The van der Waals surface area contributed by atoms with E-state index in [2.05, 4.69) is 42.6 Å². The van der Waals surface area contributed by atoms with Crippen molar-refractivity contribution in [2.24, 2.45) is 5.92 Å². The summed E-state index contributed by atoms with van der Waals surface area (Å²) in [6, 6.07) is 15.4. The highest BCUT2D eigenvalue weighted by Crippen LogP contribution is 2.34. The molecule has 0 bridgehead atoms. The van der Waals surface area contributed by atoms with Gasteiger partial charge in [-0.15, -0.1) is 0 Å². The zero-order valence-electron chi connectivity index (χ0n) is 12.4. The maximum Gasteiger partial charge on any atom is 0.135 e. The average molecular weight is 279 g/mol. The van der Waals surface area contributed by atoms with Crippen LogP contribution in [0, 0.1) is 5.92 Å². The van der Waals surface area contributed by atoms with Crippen molar-refractivity contribution in [3.8, 4) is 0 Å². The minimum atomic E-state index is 0.630. The fraction of sp³-hybridized carbons (Fsp3) is 0.368. The van der Waals surface area contributed by atoms with Gasteiger partial charge in [0.15, 0.2) is 0 Å². The molecule has 4 rings (SSSR count). The Hall–Kier alpha value is -1.96. The third-order valence-electron chi connectivity index (χ3n) is 4.91. The summed E-state index contributed by atoms with van der Waals surface area (Å²) in [4.78, 5) is 0. The van der Waals surface area contributed by atoms with Crippen LogP contribution in [-0.2, 0) is 0 Å². The Kier molecular flexibility index (Phi) is 3.10. The number of furan rings is 1. The van der Waals surface area contributed by atoms with E-state index in [-0.39, 0.29) is 0 Å². The van der Waals surface area contributed by atoms with Crippen LogP contribution >= 0.6 is 0 Å². The Labute approximate surface area is 125 Å². The van der Waals surface area contributed by atoms with Gasteiger partial charge in [-0.2, -0.15) is 0 Å². The van der Waals surface area contributed by atoms with Gasteiger partial charge in [0.2, 0.25) is 0 Å². The Balaban J connectivity index is 1.71. The first kappa shape index (κ1) is 12.8. The molecule has 1 heterocycles. The molecule has 2 aromatic carbocycles. The number of hydrogen-bond acceptors (Lipinski definition) is 2. The van der Waals surface area contributed by atoms with Gasteiger partial charge >= 0.3 is 0 Å². The Morgan fingerprint density at radius 1 is 1.05 bits per heavy atom. The lowest BCUT2D eigenvalue weighted by Gasteiger charge is -2.20. The van der Waals surface area contributed by atoms with Crippen LogP contribution in [0.2, 0.25) is 0 Å². The molecule has 108 valence electrons. The molecule has 1 N–H and O–H groups in total. The lowest BCUT2D eigenvalue weighted by Crippen LogP contribution is -2.23. The van der Waals surface area contributed by atoms with Crippen molar-refractivity contribution in [2.75, 3.05) is 5.32 Å². The van der Waals surface area contributed by atoms with Crippen LogP contribution in [0.4, 0.5) is 5.69 Å². The number of nitrogens with one attached hydrogen (secondary N) is 1. The van der Waals surface area contributed by atoms with Crippen molar-refractivity contribution >= 4 is 27.6 Å². The van der Waals surface area contributed by atoms with Crippen LogP contribution < -0.4 is 5.32 Å². The molecule has 1 saturated carbocycles. The third-order valence-corrected chi connectivity index (χ3v) is 4.91. The molecule has 0 saturated heterocycles. The normalized spacial score (nSPS) is 22.1. The van der Waals surface area contributed by atoms with Crippen molar-refractivity contribution in [1.29, 1.82) is 0 Å². The SMILES string of the molecule is CCC1CCCC1Nc1ccc2oc3ccccc3c2c1. The highest BCUT2D eigenvalue weighted by Gasteiger charge is 2.25. The summed E-state index contributed by atoms with van der Waals surface area (Å²) >= 11 is 0. The van der Waals surface area contributed by atoms with E-state index in [9.17, 15) is 0 Å². The van der Waals surface area contributed by atoms with Crippen molar-refractivity contribution in [3.05, 3.63) is 42.5 Å². The summed E-state index contributed by atoms with van der Waals surface area (Å²) in [5.41, 5.74) is 3.16. The molecule has 21 heavy (non-hydrogen) atoms. The predicted octanol–water partition coefficient (Wildman–Crippen LogP) is 5.58. The van der Waals surface area contributed by atoms with E-state index < -0.39 is 0 Å². The molecular weight excluding hydrogens is 258 g/mol. The molecule has 1 aliphatic carbocycles. The van der Waals surface area contributed by atoms with Crippen LogP contribution in [0.25, 0.3) is 21.9 Å². The number of hydrogen-bond donors (Lipinski definition) is 1. The molecular formula is C19H21NO.